The molecular weight excluding hydrogens is 292 g/mol. The highest BCUT2D eigenvalue weighted by atomic mass is 32.2. The second-order valence-electron chi connectivity index (χ2n) is 5.40. The second kappa shape index (κ2) is 5.48. The highest BCUT2D eigenvalue weighted by molar-refractivity contribution is 7.90. The lowest BCUT2D eigenvalue weighted by Gasteiger charge is -2.27. The lowest BCUT2D eigenvalue weighted by atomic mass is 10.0. The minimum atomic E-state index is -3.39. The third kappa shape index (κ3) is 3.24. The van der Waals surface area contributed by atoms with Gasteiger partial charge in [0.05, 0.1) is 4.90 Å². The molecular formula is C14H18N2O4S. The van der Waals surface area contributed by atoms with Crippen molar-refractivity contribution in [3.8, 4) is 0 Å². The summed E-state index contributed by atoms with van der Waals surface area (Å²) in [6, 6.07) is 4.41. The SMILES string of the molecule is CC(C)c1ccc(N2CCC(=O)NC2=O)cc1S(C)(=O)=O. The van der Waals surface area contributed by atoms with Gasteiger partial charge in [-0.2, -0.15) is 0 Å². The van der Waals surface area contributed by atoms with Crippen LogP contribution in [0.2, 0.25) is 0 Å². The number of nitrogens with zero attached hydrogens (tertiary/aromatic N) is 1. The van der Waals surface area contributed by atoms with Gasteiger partial charge in [0.25, 0.3) is 0 Å². The van der Waals surface area contributed by atoms with Crippen molar-refractivity contribution in [1.29, 1.82) is 0 Å². The molecule has 21 heavy (non-hydrogen) atoms. The monoisotopic (exact) mass is 310 g/mol. The minimum Gasteiger partial charge on any atom is -0.294 e. The van der Waals surface area contributed by atoms with Crippen LogP contribution in [-0.4, -0.2) is 33.2 Å². The molecule has 7 heteroatoms. The van der Waals surface area contributed by atoms with Gasteiger partial charge in [-0.15, -0.1) is 0 Å². The Morgan fingerprint density at radius 3 is 2.43 bits per heavy atom. The van der Waals surface area contributed by atoms with Crippen molar-refractivity contribution in [1.82, 2.24) is 5.32 Å². The molecule has 1 aliphatic rings. The number of hydrogen-bond donors (Lipinski definition) is 1. The Morgan fingerprint density at radius 1 is 1.24 bits per heavy atom. The molecule has 1 aliphatic heterocycles. The fourth-order valence-corrected chi connectivity index (χ4v) is 3.37. The summed E-state index contributed by atoms with van der Waals surface area (Å²) in [6.45, 7) is 4.07. The first-order valence-corrected chi connectivity index (χ1v) is 8.54. The van der Waals surface area contributed by atoms with Crippen LogP contribution in [0.3, 0.4) is 0 Å². The summed E-state index contributed by atoms with van der Waals surface area (Å²) in [5, 5.41) is 2.22. The highest BCUT2D eigenvalue weighted by Crippen LogP contribution is 2.29. The van der Waals surface area contributed by atoms with E-state index in [2.05, 4.69) is 5.32 Å². The minimum absolute atomic E-state index is 0.0561. The lowest BCUT2D eigenvalue weighted by molar-refractivity contribution is -0.120. The van der Waals surface area contributed by atoms with Crippen molar-refractivity contribution in [2.75, 3.05) is 17.7 Å². The second-order valence-corrected chi connectivity index (χ2v) is 7.39. The van der Waals surface area contributed by atoms with E-state index in [1.165, 1.54) is 11.0 Å². The van der Waals surface area contributed by atoms with Gasteiger partial charge in [0.15, 0.2) is 9.84 Å². The molecule has 0 aromatic heterocycles. The number of amides is 3. The van der Waals surface area contributed by atoms with Crippen LogP contribution in [0.15, 0.2) is 23.1 Å². The Kier molecular flexibility index (Phi) is 4.04. The van der Waals surface area contributed by atoms with E-state index in [1.54, 1.807) is 12.1 Å². The Morgan fingerprint density at radius 2 is 1.90 bits per heavy atom. The summed E-state index contributed by atoms with van der Waals surface area (Å²) >= 11 is 0. The van der Waals surface area contributed by atoms with Crippen molar-refractivity contribution in [3.63, 3.8) is 0 Å². The molecule has 0 bridgehead atoms. The van der Waals surface area contributed by atoms with Gasteiger partial charge in [0.2, 0.25) is 5.91 Å². The molecule has 1 aromatic rings. The van der Waals surface area contributed by atoms with E-state index in [0.717, 1.165) is 11.8 Å². The van der Waals surface area contributed by atoms with Gasteiger partial charge in [-0.25, -0.2) is 13.2 Å². The van der Waals surface area contributed by atoms with Crippen LogP contribution < -0.4 is 10.2 Å². The van der Waals surface area contributed by atoms with Crippen LogP contribution in [0.1, 0.15) is 31.7 Å². The molecule has 0 spiro atoms. The molecule has 0 saturated carbocycles. The van der Waals surface area contributed by atoms with Crippen molar-refractivity contribution in [2.45, 2.75) is 31.1 Å². The maximum Gasteiger partial charge on any atom is 0.328 e. The van der Waals surface area contributed by atoms with Crippen molar-refractivity contribution in [2.24, 2.45) is 0 Å². The maximum atomic E-state index is 12.0. The summed E-state index contributed by atoms with van der Waals surface area (Å²) in [7, 11) is -3.39. The standard InChI is InChI=1S/C14H18N2O4S/c1-9(2)11-5-4-10(8-12(11)21(3,19)20)16-7-6-13(17)15-14(16)18/h4-5,8-9H,6-7H2,1-3H3,(H,15,17,18). The summed E-state index contributed by atoms with van der Waals surface area (Å²) < 4.78 is 23.9. The van der Waals surface area contributed by atoms with Gasteiger partial charge in [-0.3, -0.25) is 15.0 Å². The fraction of sp³-hybridized carbons (Fsp3) is 0.429. The number of hydrogen-bond acceptors (Lipinski definition) is 4. The molecule has 1 fully saturated rings. The molecule has 3 amide bonds. The zero-order valence-electron chi connectivity index (χ0n) is 12.2. The lowest BCUT2D eigenvalue weighted by Crippen LogP contribution is -2.49. The molecule has 0 radical (unpaired) electrons. The molecule has 1 saturated heterocycles. The van der Waals surface area contributed by atoms with E-state index in [-0.39, 0.29) is 29.7 Å². The predicted molar refractivity (Wildman–Crippen MR) is 79.1 cm³/mol. The van der Waals surface area contributed by atoms with E-state index >= 15 is 0 Å². The van der Waals surface area contributed by atoms with Gasteiger partial charge in [0, 0.05) is 24.9 Å². The van der Waals surface area contributed by atoms with E-state index in [1.807, 2.05) is 13.8 Å². The van der Waals surface area contributed by atoms with Gasteiger partial charge >= 0.3 is 6.03 Å². The molecule has 1 heterocycles. The van der Waals surface area contributed by atoms with Crippen LogP contribution in [-0.2, 0) is 14.6 Å². The van der Waals surface area contributed by atoms with E-state index in [9.17, 15) is 18.0 Å². The van der Waals surface area contributed by atoms with Crippen molar-refractivity contribution < 1.29 is 18.0 Å². The molecule has 114 valence electrons. The Hall–Kier alpha value is -1.89. The summed E-state index contributed by atoms with van der Waals surface area (Å²) in [6.07, 6.45) is 1.35. The summed E-state index contributed by atoms with van der Waals surface area (Å²) in [5.74, 6) is -0.265. The summed E-state index contributed by atoms with van der Waals surface area (Å²) in [5.41, 5.74) is 1.19. The first-order chi connectivity index (χ1) is 9.70. The Balaban J connectivity index is 2.48. The number of sulfone groups is 1. The number of anilines is 1. The number of carbonyl (C=O) groups excluding carboxylic acids is 2. The number of rotatable bonds is 3. The van der Waals surface area contributed by atoms with Gasteiger partial charge in [-0.05, 0) is 23.6 Å². The van der Waals surface area contributed by atoms with E-state index in [0.29, 0.717) is 5.69 Å². The molecule has 0 unspecified atom stereocenters. The number of benzene rings is 1. The normalized spacial score (nSPS) is 16.3. The smallest absolute Gasteiger partial charge is 0.294 e. The molecule has 0 aliphatic carbocycles. The van der Waals surface area contributed by atoms with Crippen LogP contribution in [0.25, 0.3) is 0 Å². The largest absolute Gasteiger partial charge is 0.328 e. The van der Waals surface area contributed by atoms with Crippen molar-refractivity contribution in [3.05, 3.63) is 23.8 Å². The maximum absolute atomic E-state index is 12.0. The van der Waals surface area contributed by atoms with Crippen LogP contribution >= 0.6 is 0 Å². The Bertz CT molecular complexity index is 695. The molecule has 2 rings (SSSR count). The van der Waals surface area contributed by atoms with Gasteiger partial charge in [0.1, 0.15) is 0 Å². The zero-order valence-corrected chi connectivity index (χ0v) is 13.0. The molecule has 1 aromatic carbocycles. The third-order valence-corrected chi connectivity index (χ3v) is 4.54. The highest BCUT2D eigenvalue weighted by Gasteiger charge is 2.26. The molecule has 6 nitrogen and oxygen atoms in total. The average Bonchev–Trinajstić information content (AvgIpc) is 2.37. The first kappa shape index (κ1) is 15.5. The molecule has 1 N–H and O–H groups in total. The van der Waals surface area contributed by atoms with Crippen LogP contribution in [0.4, 0.5) is 10.5 Å². The van der Waals surface area contributed by atoms with Crippen molar-refractivity contribution >= 4 is 27.5 Å². The number of nitrogens with one attached hydrogen (secondary N) is 1. The first-order valence-electron chi connectivity index (χ1n) is 6.65. The van der Waals surface area contributed by atoms with Gasteiger partial charge < -0.3 is 0 Å². The summed E-state index contributed by atoms with van der Waals surface area (Å²) in [4.78, 5) is 24.6. The average molecular weight is 310 g/mol. The number of urea groups is 1. The van der Waals surface area contributed by atoms with Crippen LogP contribution in [0, 0.1) is 0 Å². The van der Waals surface area contributed by atoms with Crippen LogP contribution in [0.5, 0.6) is 0 Å². The number of carbonyl (C=O) groups is 2. The van der Waals surface area contributed by atoms with E-state index in [4.69, 9.17) is 0 Å². The molecule has 0 atom stereocenters. The Labute approximate surface area is 124 Å². The zero-order chi connectivity index (χ0) is 15.8. The topological polar surface area (TPSA) is 83.6 Å². The van der Waals surface area contributed by atoms with Gasteiger partial charge in [-0.1, -0.05) is 19.9 Å². The third-order valence-electron chi connectivity index (χ3n) is 3.38. The van der Waals surface area contributed by atoms with E-state index < -0.39 is 15.9 Å². The fourth-order valence-electron chi connectivity index (χ4n) is 2.30. The predicted octanol–water partition coefficient (Wildman–Crippen LogP) is 1.66. The number of imide groups is 1. The quantitative estimate of drug-likeness (QED) is 0.920.